The van der Waals surface area contributed by atoms with Crippen molar-refractivity contribution in [3.8, 4) is 0 Å². The summed E-state index contributed by atoms with van der Waals surface area (Å²) in [4.78, 5) is 0.334. The molecule has 1 aromatic heterocycles. The summed E-state index contributed by atoms with van der Waals surface area (Å²) in [6.45, 7) is 2.66. The minimum Gasteiger partial charge on any atom is -0.377 e. The Morgan fingerprint density at radius 1 is 1.58 bits per heavy atom. The molecule has 1 unspecified atom stereocenters. The number of methoxy groups -OCH3 is 1. The third-order valence-corrected chi connectivity index (χ3v) is 3.77. The summed E-state index contributed by atoms with van der Waals surface area (Å²) < 4.78 is 4.95. The van der Waals surface area contributed by atoms with E-state index in [-0.39, 0.29) is 0 Å². The number of hydrogen-bond acceptors (Lipinski definition) is 4. The maximum atomic E-state index is 4.95. The zero-order valence-corrected chi connectivity index (χ0v) is 9.48. The van der Waals surface area contributed by atoms with Gasteiger partial charge >= 0.3 is 0 Å². The Balaban J connectivity index is 2.63. The first-order valence-corrected chi connectivity index (χ1v) is 5.46. The number of rotatable bonds is 4. The number of aromatic nitrogens is 2. The van der Waals surface area contributed by atoms with Crippen molar-refractivity contribution < 1.29 is 4.74 Å². The summed E-state index contributed by atoms with van der Waals surface area (Å²) in [6, 6.07) is 0. The van der Waals surface area contributed by atoms with Gasteiger partial charge in [-0.05, 0) is 6.42 Å². The van der Waals surface area contributed by atoms with Gasteiger partial charge in [-0.15, -0.1) is 10.2 Å². The van der Waals surface area contributed by atoms with Crippen molar-refractivity contribution in [1.29, 1.82) is 0 Å². The largest absolute Gasteiger partial charge is 0.377 e. The fourth-order valence-corrected chi connectivity index (χ4v) is 2.00. The van der Waals surface area contributed by atoms with E-state index in [9.17, 15) is 0 Å². The molecule has 0 spiro atoms. The van der Waals surface area contributed by atoms with E-state index in [1.54, 1.807) is 18.4 Å². The van der Waals surface area contributed by atoms with Crippen LogP contribution in [-0.2, 0) is 11.3 Å². The molecule has 0 radical (unpaired) electrons. The summed E-state index contributed by atoms with van der Waals surface area (Å²) in [5, 5.41) is 10.0. The summed E-state index contributed by atoms with van der Waals surface area (Å²) >= 11 is 5.11. The molecule has 0 N–H and O–H groups in total. The molecular formula is C7H11BrN2OS. The van der Waals surface area contributed by atoms with Gasteiger partial charge in [0.15, 0.2) is 0 Å². The van der Waals surface area contributed by atoms with Crippen LogP contribution in [0.5, 0.6) is 0 Å². The van der Waals surface area contributed by atoms with Crippen LogP contribution in [0.4, 0.5) is 0 Å². The monoisotopic (exact) mass is 250 g/mol. The Morgan fingerprint density at radius 3 is 2.92 bits per heavy atom. The lowest BCUT2D eigenvalue weighted by Gasteiger charge is -1.97. The molecule has 0 aliphatic carbocycles. The molecule has 1 atom stereocenters. The predicted molar refractivity (Wildman–Crippen MR) is 52.6 cm³/mol. The number of ether oxygens (including phenoxy) is 1. The molecule has 0 saturated carbocycles. The second-order valence-electron chi connectivity index (χ2n) is 2.34. The predicted octanol–water partition coefficient (Wildman–Crippen LogP) is 2.53. The minimum absolute atomic E-state index is 0.334. The Labute approximate surface area is 84.3 Å². The lowest BCUT2D eigenvalue weighted by atomic mass is 10.4. The van der Waals surface area contributed by atoms with E-state index >= 15 is 0 Å². The molecule has 1 rings (SSSR count). The third kappa shape index (κ3) is 2.50. The molecule has 0 aliphatic rings. The van der Waals surface area contributed by atoms with E-state index in [2.05, 4.69) is 33.1 Å². The molecule has 0 bridgehead atoms. The third-order valence-electron chi connectivity index (χ3n) is 1.38. The first-order valence-electron chi connectivity index (χ1n) is 3.73. The van der Waals surface area contributed by atoms with Crippen LogP contribution in [0, 0.1) is 0 Å². The van der Waals surface area contributed by atoms with Crippen LogP contribution in [-0.4, -0.2) is 17.3 Å². The van der Waals surface area contributed by atoms with E-state index < -0.39 is 0 Å². The van der Waals surface area contributed by atoms with E-state index in [0.29, 0.717) is 11.4 Å². The zero-order valence-electron chi connectivity index (χ0n) is 7.08. The van der Waals surface area contributed by atoms with Crippen molar-refractivity contribution in [1.82, 2.24) is 10.2 Å². The Bertz CT molecular complexity index is 241. The summed E-state index contributed by atoms with van der Waals surface area (Å²) in [5.41, 5.74) is 0. The lowest BCUT2D eigenvalue weighted by molar-refractivity contribution is 0.184. The number of hydrogen-bond donors (Lipinski definition) is 0. The topological polar surface area (TPSA) is 35.0 Å². The highest BCUT2D eigenvalue weighted by molar-refractivity contribution is 9.09. The maximum absolute atomic E-state index is 4.95. The number of nitrogens with zero attached hydrogens (tertiary/aromatic N) is 2. The highest BCUT2D eigenvalue weighted by atomic mass is 79.9. The molecule has 1 heterocycles. The van der Waals surface area contributed by atoms with Crippen molar-refractivity contribution in [3.05, 3.63) is 10.0 Å². The van der Waals surface area contributed by atoms with Crippen LogP contribution in [0.1, 0.15) is 28.2 Å². The van der Waals surface area contributed by atoms with Crippen molar-refractivity contribution in [2.75, 3.05) is 7.11 Å². The van der Waals surface area contributed by atoms with Crippen molar-refractivity contribution in [2.24, 2.45) is 0 Å². The normalized spacial score (nSPS) is 13.2. The van der Waals surface area contributed by atoms with Gasteiger partial charge in [0.1, 0.15) is 10.0 Å². The van der Waals surface area contributed by atoms with Gasteiger partial charge in [-0.1, -0.05) is 34.2 Å². The maximum Gasteiger partial charge on any atom is 0.143 e. The second kappa shape index (κ2) is 4.89. The van der Waals surface area contributed by atoms with Crippen LogP contribution >= 0.6 is 27.3 Å². The molecule has 0 saturated heterocycles. The van der Waals surface area contributed by atoms with Crippen LogP contribution in [0.15, 0.2) is 0 Å². The minimum atomic E-state index is 0.334. The summed E-state index contributed by atoms with van der Waals surface area (Å²) in [5.74, 6) is 0. The average Bonchev–Trinajstić information content (AvgIpc) is 2.52. The van der Waals surface area contributed by atoms with Crippen molar-refractivity contribution in [2.45, 2.75) is 24.8 Å². The van der Waals surface area contributed by atoms with Gasteiger partial charge in [0.25, 0.3) is 0 Å². The first kappa shape index (κ1) is 10.1. The standard InChI is InChI=1S/C7H11BrN2OS/c1-3-5(8)7-10-9-6(12-7)4-11-2/h5H,3-4H2,1-2H3. The molecule has 0 aliphatic heterocycles. The van der Waals surface area contributed by atoms with Crippen LogP contribution < -0.4 is 0 Å². The van der Waals surface area contributed by atoms with Gasteiger partial charge < -0.3 is 4.74 Å². The summed E-state index contributed by atoms with van der Waals surface area (Å²) in [7, 11) is 1.66. The molecule has 3 nitrogen and oxygen atoms in total. The quantitative estimate of drug-likeness (QED) is 0.771. The van der Waals surface area contributed by atoms with Gasteiger partial charge in [0.05, 0.1) is 11.4 Å². The van der Waals surface area contributed by atoms with Gasteiger partial charge in [0.2, 0.25) is 0 Å². The van der Waals surface area contributed by atoms with Gasteiger partial charge in [-0.2, -0.15) is 0 Å². The highest BCUT2D eigenvalue weighted by Crippen LogP contribution is 2.28. The van der Waals surface area contributed by atoms with Crippen LogP contribution in [0.3, 0.4) is 0 Å². The fraction of sp³-hybridized carbons (Fsp3) is 0.714. The van der Waals surface area contributed by atoms with Crippen LogP contribution in [0.2, 0.25) is 0 Å². The molecular weight excluding hydrogens is 240 g/mol. The van der Waals surface area contributed by atoms with Crippen LogP contribution in [0.25, 0.3) is 0 Å². The molecule has 12 heavy (non-hydrogen) atoms. The zero-order chi connectivity index (χ0) is 8.97. The van der Waals surface area contributed by atoms with Gasteiger partial charge in [0, 0.05) is 7.11 Å². The Kier molecular flexibility index (Phi) is 4.11. The molecule has 0 fully saturated rings. The van der Waals surface area contributed by atoms with Crippen molar-refractivity contribution in [3.63, 3.8) is 0 Å². The molecule has 5 heteroatoms. The van der Waals surface area contributed by atoms with E-state index in [1.165, 1.54) is 0 Å². The van der Waals surface area contributed by atoms with E-state index in [0.717, 1.165) is 16.4 Å². The molecule has 1 aromatic rings. The second-order valence-corrected chi connectivity index (χ2v) is 4.54. The van der Waals surface area contributed by atoms with Gasteiger partial charge in [-0.3, -0.25) is 0 Å². The van der Waals surface area contributed by atoms with Crippen molar-refractivity contribution >= 4 is 27.3 Å². The lowest BCUT2D eigenvalue weighted by Crippen LogP contribution is -1.85. The highest BCUT2D eigenvalue weighted by Gasteiger charge is 2.10. The molecule has 0 aromatic carbocycles. The number of halogens is 1. The Hall–Kier alpha value is -0.0000000000000000555. The number of alkyl halides is 1. The van der Waals surface area contributed by atoms with E-state index in [1.807, 2.05) is 0 Å². The van der Waals surface area contributed by atoms with Gasteiger partial charge in [-0.25, -0.2) is 0 Å². The summed E-state index contributed by atoms with van der Waals surface area (Å²) in [6.07, 6.45) is 1.03. The molecule has 68 valence electrons. The van der Waals surface area contributed by atoms with E-state index in [4.69, 9.17) is 4.74 Å². The smallest absolute Gasteiger partial charge is 0.143 e. The molecule has 0 amide bonds. The first-order chi connectivity index (χ1) is 5.77. The average molecular weight is 251 g/mol. The Morgan fingerprint density at radius 2 is 2.33 bits per heavy atom. The SMILES string of the molecule is CCC(Br)c1nnc(COC)s1. The fourth-order valence-electron chi connectivity index (χ4n) is 0.750.